The van der Waals surface area contributed by atoms with Crippen LogP contribution in [0.5, 0.6) is 11.5 Å². The third-order valence-corrected chi connectivity index (χ3v) is 7.96. The summed E-state index contributed by atoms with van der Waals surface area (Å²) in [4.78, 5) is 36.4. The lowest BCUT2D eigenvalue weighted by atomic mass is 10.1. The van der Waals surface area contributed by atoms with Crippen LogP contribution in [0.25, 0.3) is 0 Å². The highest BCUT2D eigenvalue weighted by atomic mass is 16.7. The van der Waals surface area contributed by atoms with E-state index in [2.05, 4.69) is 16.0 Å². The fourth-order valence-corrected chi connectivity index (χ4v) is 5.65. The van der Waals surface area contributed by atoms with Gasteiger partial charge in [-0.05, 0) is 42.7 Å². The number of oxazole rings is 1. The van der Waals surface area contributed by atoms with E-state index >= 15 is 0 Å². The maximum Gasteiger partial charge on any atom is 0.275 e. The van der Waals surface area contributed by atoms with E-state index in [1.54, 1.807) is 0 Å². The highest BCUT2D eigenvalue weighted by Crippen LogP contribution is 2.33. The van der Waals surface area contributed by atoms with Gasteiger partial charge in [-0.3, -0.25) is 14.5 Å². The smallest absolute Gasteiger partial charge is 0.275 e. The molecule has 0 bridgehead atoms. The van der Waals surface area contributed by atoms with Gasteiger partial charge in [0.05, 0.1) is 19.2 Å². The van der Waals surface area contributed by atoms with Gasteiger partial charge in [0.2, 0.25) is 18.6 Å². The molecule has 2 fully saturated rings. The number of hydrogen-bond donors (Lipinski definition) is 0. The van der Waals surface area contributed by atoms with Crippen LogP contribution in [0.2, 0.25) is 0 Å². The van der Waals surface area contributed by atoms with Gasteiger partial charge in [0.25, 0.3) is 5.91 Å². The van der Waals surface area contributed by atoms with E-state index in [0.717, 1.165) is 61.8 Å². The Labute approximate surface area is 239 Å². The summed E-state index contributed by atoms with van der Waals surface area (Å²) in [5, 5.41) is 0. The first-order chi connectivity index (χ1) is 20.1. The quantitative estimate of drug-likeness (QED) is 0.371. The summed E-state index contributed by atoms with van der Waals surface area (Å²) in [6, 6.07) is 9.98. The number of benzene rings is 1. The van der Waals surface area contributed by atoms with E-state index in [-0.39, 0.29) is 24.7 Å². The Morgan fingerprint density at radius 2 is 1.93 bits per heavy atom. The van der Waals surface area contributed by atoms with Crippen molar-refractivity contribution < 1.29 is 28.2 Å². The third-order valence-electron chi connectivity index (χ3n) is 7.96. The van der Waals surface area contributed by atoms with Crippen molar-refractivity contribution in [2.45, 2.75) is 51.9 Å². The Bertz CT molecular complexity index is 1350. The van der Waals surface area contributed by atoms with E-state index in [4.69, 9.17) is 18.6 Å². The molecule has 1 atom stereocenters. The summed E-state index contributed by atoms with van der Waals surface area (Å²) in [5.41, 5.74) is 2.46. The van der Waals surface area contributed by atoms with Gasteiger partial charge in [-0.15, -0.1) is 0 Å². The van der Waals surface area contributed by atoms with E-state index in [0.29, 0.717) is 50.7 Å². The number of piperazine rings is 1. The lowest BCUT2D eigenvalue weighted by molar-refractivity contribution is -0.133. The minimum Gasteiger partial charge on any atom is -0.454 e. The van der Waals surface area contributed by atoms with Crippen LogP contribution in [0.3, 0.4) is 0 Å². The highest BCUT2D eigenvalue weighted by molar-refractivity contribution is 5.92. The molecule has 218 valence electrons. The predicted octanol–water partition coefficient (Wildman–Crippen LogP) is 3.13. The zero-order valence-electron chi connectivity index (χ0n) is 23.5. The standard InChI is InChI=1S/C30H37N5O6/c1-2-29(36)35(18-24-6-4-14-38-24)17-23-5-3-9-34(23)19-28-31-25(20-39-28)30(37)33-12-10-32(11-13-33)16-22-7-8-26-27(15-22)41-21-40-26/h3,5,7-9,15,20,24H,2,4,6,10-14,16-19,21H2,1H3. The molecule has 1 unspecified atom stereocenters. The Balaban J connectivity index is 1.02. The average Bonchev–Trinajstić information content (AvgIpc) is 3.81. The number of rotatable bonds is 10. The van der Waals surface area contributed by atoms with Gasteiger partial charge in [-0.2, -0.15) is 0 Å². The van der Waals surface area contributed by atoms with Crippen molar-refractivity contribution >= 4 is 11.8 Å². The Kier molecular flexibility index (Phi) is 8.24. The fraction of sp³-hybridized carbons (Fsp3) is 0.500. The Morgan fingerprint density at radius 1 is 1.07 bits per heavy atom. The zero-order valence-corrected chi connectivity index (χ0v) is 23.5. The van der Waals surface area contributed by atoms with E-state index in [1.165, 1.54) is 6.26 Å². The van der Waals surface area contributed by atoms with Gasteiger partial charge >= 0.3 is 0 Å². The van der Waals surface area contributed by atoms with E-state index in [9.17, 15) is 9.59 Å². The fourth-order valence-electron chi connectivity index (χ4n) is 5.65. The molecule has 0 N–H and O–H groups in total. The van der Waals surface area contributed by atoms with Crippen LogP contribution in [-0.2, 0) is 29.2 Å². The molecule has 11 nitrogen and oxygen atoms in total. The molecule has 1 aromatic carbocycles. The molecular weight excluding hydrogens is 526 g/mol. The second-order valence-electron chi connectivity index (χ2n) is 10.8. The van der Waals surface area contributed by atoms with Crippen LogP contribution >= 0.6 is 0 Å². The number of nitrogens with zero attached hydrogens (tertiary/aromatic N) is 5. The third kappa shape index (κ3) is 6.41. The van der Waals surface area contributed by atoms with Crippen LogP contribution in [-0.4, -0.2) is 88.3 Å². The Morgan fingerprint density at radius 3 is 2.73 bits per heavy atom. The molecule has 0 saturated carbocycles. The van der Waals surface area contributed by atoms with Gasteiger partial charge in [0.15, 0.2) is 17.2 Å². The largest absolute Gasteiger partial charge is 0.454 e. The number of fused-ring (bicyclic) bond motifs is 1. The molecule has 11 heteroatoms. The number of carbonyl (C=O) groups is 2. The number of aromatic nitrogens is 2. The predicted molar refractivity (Wildman–Crippen MR) is 148 cm³/mol. The monoisotopic (exact) mass is 563 g/mol. The Hall–Kier alpha value is -3.83. The topological polar surface area (TPSA) is 103 Å². The van der Waals surface area contributed by atoms with Crippen molar-refractivity contribution in [1.82, 2.24) is 24.3 Å². The van der Waals surface area contributed by atoms with Crippen molar-refractivity contribution in [3.05, 3.63) is 65.6 Å². The van der Waals surface area contributed by atoms with Crippen molar-refractivity contribution in [3.8, 4) is 11.5 Å². The first kappa shape index (κ1) is 27.3. The zero-order chi connectivity index (χ0) is 28.2. The summed E-state index contributed by atoms with van der Waals surface area (Å²) >= 11 is 0. The molecule has 2 amide bonds. The summed E-state index contributed by atoms with van der Waals surface area (Å²) in [7, 11) is 0. The maximum atomic E-state index is 13.2. The highest BCUT2D eigenvalue weighted by Gasteiger charge is 2.26. The van der Waals surface area contributed by atoms with Gasteiger partial charge in [0, 0.05) is 64.2 Å². The van der Waals surface area contributed by atoms with Gasteiger partial charge in [-0.25, -0.2) is 4.98 Å². The molecule has 3 aliphatic rings. The number of ether oxygens (including phenoxy) is 3. The first-order valence-corrected chi connectivity index (χ1v) is 14.4. The van der Waals surface area contributed by atoms with Crippen LogP contribution in [0, 0.1) is 0 Å². The number of amides is 2. The van der Waals surface area contributed by atoms with E-state index < -0.39 is 0 Å². The molecule has 5 heterocycles. The molecule has 0 radical (unpaired) electrons. The molecule has 41 heavy (non-hydrogen) atoms. The lowest BCUT2D eigenvalue weighted by Crippen LogP contribution is -2.48. The van der Waals surface area contributed by atoms with Crippen LogP contribution in [0.1, 0.15) is 53.8 Å². The summed E-state index contributed by atoms with van der Waals surface area (Å²) in [6.07, 6.45) is 5.96. The minimum absolute atomic E-state index is 0.0970. The summed E-state index contributed by atoms with van der Waals surface area (Å²) in [6.45, 7) is 7.97. The van der Waals surface area contributed by atoms with Gasteiger partial charge in [0.1, 0.15) is 6.26 Å². The van der Waals surface area contributed by atoms with Gasteiger partial charge in [-0.1, -0.05) is 13.0 Å². The second-order valence-corrected chi connectivity index (χ2v) is 10.8. The molecule has 3 aromatic rings. The summed E-state index contributed by atoms with van der Waals surface area (Å²) in [5.74, 6) is 2.02. The summed E-state index contributed by atoms with van der Waals surface area (Å²) < 4.78 is 24.4. The molecular formula is C30H37N5O6. The van der Waals surface area contributed by atoms with Crippen molar-refractivity contribution in [2.24, 2.45) is 0 Å². The number of hydrogen-bond acceptors (Lipinski definition) is 8. The van der Waals surface area contributed by atoms with Gasteiger partial charge < -0.3 is 33.0 Å². The van der Waals surface area contributed by atoms with Crippen LogP contribution in [0.15, 0.2) is 47.2 Å². The SMILES string of the molecule is CCC(=O)N(Cc1cccn1Cc1nc(C(=O)N2CCN(Cc3ccc4c(c3)OCO4)CC2)co1)CC1CCCO1. The normalized spacial score (nSPS) is 18.7. The van der Waals surface area contributed by atoms with Crippen molar-refractivity contribution in [3.63, 3.8) is 0 Å². The van der Waals surface area contributed by atoms with Crippen molar-refractivity contribution in [1.29, 1.82) is 0 Å². The molecule has 2 saturated heterocycles. The number of carbonyl (C=O) groups excluding carboxylic acids is 2. The van der Waals surface area contributed by atoms with E-state index in [1.807, 2.05) is 51.8 Å². The molecule has 0 spiro atoms. The van der Waals surface area contributed by atoms with Crippen LogP contribution < -0.4 is 9.47 Å². The minimum atomic E-state index is -0.119. The second kappa shape index (κ2) is 12.4. The van der Waals surface area contributed by atoms with Crippen LogP contribution in [0.4, 0.5) is 0 Å². The first-order valence-electron chi connectivity index (χ1n) is 14.4. The lowest BCUT2D eigenvalue weighted by Gasteiger charge is -2.34. The molecule has 6 rings (SSSR count). The average molecular weight is 564 g/mol. The maximum absolute atomic E-state index is 13.2. The molecule has 0 aliphatic carbocycles. The molecule has 3 aliphatic heterocycles. The molecule has 2 aromatic heterocycles. The van der Waals surface area contributed by atoms with Crippen molar-refractivity contribution in [2.75, 3.05) is 46.1 Å².